The van der Waals surface area contributed by atoms with Gasteiger partial charge in [0.05, 0.1) is 11.7 Å². The molecule has 13 heavy (non-hydrogen) atoms. The van der Waals surface area contributed by atoms with Crippen LogP contribution in [0.4, 0.5) is 0 Å². The van der Waals surface area contributed by atoms with Crippen molar-refractivity contribution in [1.29, 1.82) is 0 Å². The van der Waals surface area contributed by atoms with Crippen LogP contribution in [0.15, 0.2) is 0 Å². The minimum absolute atomic E-state index is 0.0131. The van der Waals surface area contributed by atoms with Crippen LogP contribution in [0, 0.1) is 0 Å². The van der Waals surface area contributed by atoms with Crippen molar-refractivity contribution >= 4 is 17.7 Å². The molecule has 0 amide bonds. The summed E-state index contributed by atoms with van der Waals surface area (Å²) in [5.74, 6) is -0.0131. The van der Waals surface area contributed by atoms with Gasteiger partial charge in [0.25, 0.3) is 0 Å². The van der Waals surface area contributed by atoms with E-state index in [1.165, 1.54) is 19.3 Å². The Morgan fingerprint density at radius 3 is 2.92 bits per heavy atom. The first-order chi connectivity index (χ1) is 6.27. The number of esters is 1. The highest BCUT2D eigenvalue weighted by molar-refractivity contribution is 7.99. The fourth-order valence-corrected chi connectivity index (χ4v) is 2.46. The van der Waals surface area contributed by atoms with Gasteiger partial charge in [0, 0.05) is 0 Å². The molecule has 1 saturated heterocycles. The molecule has 2 nitrogen and oxygen atoms in total. The third-order valence-electron chi connectivity index (χ3n) is 2.46. The second-order valence-electron chi connectivity index (χ2n) is 3.50. The van der Waals surface area contributed by atoms with Gasteiger partial charge in [0.2, 0.25) is 0 Å². The average Bonchev–Trinajstić information content (AvgIpc) is 2.47. The second-order valence-corrected chi connectivity index (χ2v) is 4.58. The number of unbranched alkanes of at least 4 members (excludes halogenated alkanes) is 2. The van der Waals surface area contributed by atoms with Crippen molar-refractivity contribution in [1.82, 2.24) is 0 Å². The Morgan fingerprint density at radius 1 is 1.54 bits per heavy atom. The highest BCUT2D eigenvalue weighted by Gasteiger charge is 2.33. The molecule has 0 radical (unpaired) electrons. The van der Waals surface area contributed by atoms with Crippen molar-refractivity contribution in [2.24, 2.45) is 0 Å². The van der Waals surface area contributed by atoms with Crippen LogP contribution in [0.25, 0.3) is 0 Å². The van der Waals surface area contributed by atoms with Crippen LogP contribution in [-0.4, -0.2) is 23.6 Å². The van der Waals surface area contributed by atoms with Crippen LogP contribution in [0.2, 0.25) is 0 Å². The fraction of sp³-hybridized carbons (Fsp3) is 0.900. The molecule has 0 aromatic carbocycles. The van der Waals surface area contributed by atoms with Crippen LogP contribution >= 0.6 is 11.8 Å². The Hall–Kier alpha value is -0.180. The van der Waals surface area contributed by atoms with Gasteiger partial charge in [0.15, 0.2) is 0 Å². The van der Waals surface area contributed by atoms with Crippen molar-refractivity contribution in [3.63, 3.8) is 0 Å². The Kier molecular flexibility index (Phi) is 4.64. The predicted molar refractivity (Wildman–Crippen MR) is 55.9 cm³/mol. The minimum atomic E-state index is -0.0131. The monoisotopic (exact) mass is 202 g/mol. The normalized spacial score (nSPS) is 27.7. The highest BCUT2D eigenvalue weighted by atomic mass is 32.2. The van der Waals surface area contributed by atoms with Crippen molar-refractivity contribution in [3.05, 3.63) is 0 Å². The number of cyclic esters (lactones) is 1. The third-order valence-corrected chi connectivity index (χ3v) is 3.54. The molecule has 0 bridgehead atoms. The zero-order chi connectivity index (χ0) is 9.68. The molecule has 1 heterocycles. The smallest absolute Gasteiger partial charge is 0.307 e. The molecule has 0 aromatic heterocycles. The first kappa shape index (κ1) is 10.9. The predicted octanol–water partition coefficient (Wildman–Crippen LogP) is 2.61. The van der Waals surface area contributed by atoms with Gasteiger partial charge in [-0.1, -0.05) is 19.8 Å². The summed E-state index contributed by atoms with van der Waals surface area (Å²) in [6, 6.07) is 0. The fourth-order valence-electron chi connectivity index (χ4n) is 1.66. The second kappa shape index (κ2) is 5.53. The number of carbonyl (C=O) groups is 1. The van der Waals surface area contributed by atoms with Crippen molar-refractivity contribution in [2.75, 3.05) is 6.26 Å². The van der Waals surface area contributed by atoms with Crippen LogP contribution in [-0.2, 0) is 9.53 Å². The molecular formula is C10H18O2S. The van der Waals surface area contributed by atoms with E-state index in [-0.39, 0.29) is 12.1 Å². The number of thioether (sulfide) groups is 1. The lowest BCUT2D eigenvalue weighted by Crippen LogP contribution is -2.17. The lowest BCUT2D eigenvalue weighted by molar-refractivity contribution is -0.141. The molecule has 0 saturated carbocycles. The SMILES string of the molecule is CCCCC[C@H]1OC(=O)C[C@@H]1SC. The maximum atomic E-state index is 11.0. The summed E-state index contributed by atoms with van der Waals surface area (Å²) >= 11 is 1.76. The summed E-state index contributed by atoms with van der Waals surface area (Å²) in [5.41, 5.74) is 0. The quantitative estimate of drug-likeness (QED) is 0.506. The number of hydrogen-bond donors (Lipinski definition) is 0. The van der Waals surface area contributed by atoms with Crippen molar-refractivity contribution in [3.8, 4) is 0 Å². The Morgan fingerprint density at radius 2 is 2.31 bits per heavy atom. The van der Waals surface area contributed by atoms with Crippen LogP contribution < -0.4 is 0 Å². The molecule has 2 atom stereocenters. The van der Waals surface area contributed by atoms with E-state index in [4.69, 9.17) is 4.74 Å². The molecule has 1 aliphatic rings. The molecule has 1 fully saturated rings. The average molecular weight is 202 g/mol. The summed E-state index contributed by atoms with van der Waals surface area (Å²) in [7, 11) is 0. The molecule has 0 spiro atoms. The van der Waals surface area contributed by atoms with Gasteiger partial charge in [-0.05, 0) is 19.1 Å². The molecule has 0 aromatic rings. The Bertz CT molecular complexity index is 170. The van der Waals surface area contributed by atoms with Gasteiger partial charge >= 0.3 is 5.97 Å². The van der Waals surface area contributed by atoms with E-state index in [1.807, 2.05) is 0 Å². The number of ether oxygens (including phenoxy) is 1. The summed E-state index contributed by atoms with van der Waals surface area (Å²) in [6.07, 6.45) is 7.56. The molecule has 0 unspecified atom stereocenters. The summed E-state index contributed by atoms with van der Waals surface area (Å²) < 4.78 is 5.25. The van der Waals surface area contributed by atoms with Gasteiger partial charge in [-0.3, -0.25) is 4.79 Å². The van der Waals surface area contributed by atoms with E-state index in [9.17, 15) is 4.79 Å². The van der Waals surface area contributed by atoms with Crippen molar-refractivity contribution in [2.45, 2.75) is 50.4 Å². The van der Waals surface area contributed by atoms with E-state index in [0.29, 0.717) is 11.7 Å². The lowest BCUT2D eigenvalue weighted by Gasteiger charge is -2.14. The summed E-state index contributed by atoms with van der Waals surface area (Å²) in [5, 5.41) is 0.407. The van der Waals surface area contributed by atoms with Crippen LogP contribution in [0.3, 0.4) is 0 Å². The number of carbonyl (C=O) groups excluding carboxylic acids is 1. The van der Waals surface area contributed by atoms with E-state index in [2.05, 4.69) is 13.2 Å². The first-order valence-corrected chi connectivity index (χ1v) is 6.29. The van der Waals surface area contributed by atoms with E-state index in [1.54, 1.807) is 11.8 Å². The minimum Gasteiger partial charge on any atom is -0.461 e. The van der Waals surface area contributed by atoms with E-state index < -0.39 is 0 Å². The van der Waals surface area contributed by atoms with E-state index in [0.717, 1.165) is 6.42 Å². The maximum absolute atomic E-state index is 11.0. The van der Waals surface area contributed by atoms with Crippen molar-refractivity contribution < 1.29 is 9.53 Å². The molecule has 76 valence electrons. The summed E-state index contributed by atoms with van der Waals surface area (Å²) in [4.78, 5) is 11.0. The maximum Gasteiger partial charge on any atom is 0.307 e. The van der Waals surface area contributed by atoms with Gasteiger partial charge in [-0.25, -0.2) is 0 Å². The van der Waals surface area contributed by atoms with Gasteiger partial charge in [-0.2, -0.15) is 11.8 Å². The lowest BCUT2D eigenvalue weighted by atomic mass is 10.1. The topological polar surface area (TPSA) is 26.3 Å². The van der Waals surface area contributed by atoms with Gasteiger partial charge < -0.3 is 4.74 Å². The van der Waals surface area contributed by atoms with Crippen LogP contribution in [0.5, 0.6) is 0 Å². The molecule has 0 N–H and O–H groups in total. The standard InChI is InChI=1S/C10H18O2S/c1-3-4-5-6-8-9(13-2)7-10(11)12-8/h8-9H,3-7H2,1-2H3/t8-,9+/m1/s1. The zero-order valence-corrected chi connectivity index (χ0v) is 9.23. The van der Waals surface area contributed by atoms with Crippen LogP contribution in [0.1, 0.15) is 39.0 Å². The molecule has 1 rings (SSSR count). The highest BCUT2D eigenvalue weighted by Crippen LogP contribution is 2.28. The largest absolute Gasteiger partial charge is 0.461 e. The van der Waals surface area contributed by atoms with Gasteiger partial charge in [-0.15, -0.1) is 0 Å². The molecule has 1 aliphatic heterocycles. The van der Waals surface area contributed by atoms with E-state index >= 15 is 0 Å². The Labute approximate surface area is 84.4 Å². The molecule has 0 aliphatic carbocycles. The van der Waals surface area contributed by atoms with Gasteiger partial charge in [0.1, 0.15) is 6.10 Å². The number of rotatable bonds is 5. The first-order valence-electron chi connectivity index (χ1n) is 5.00. The number of hydrogen-bond acceptors (Lipinski definition) is 3. The molecule has 3 heteroatoms. The zero-order valence-electron chi connectivity index (χ0n) is 8.41. The third kappa shape index (κ3) is 3.22. The summed E-state index contributed by atoms with van der Waals surface area (Å²) in [6.45, 7) is 2.19. The molecular weight excluding hydrogens is 184 g/mol. The Balaban J connectivity index is 2.27.